The summed E-state index contributed by atoms with van der Waals surface area (Å²) in [7, 11) is 3.47. The van der Waals surface area contributed by atoms with Crippen LogP contribution >= 0.6 is 0 Å². The Kier molecular flexibility index (Phi) is 10.1. The minimum absolute atomic E-state index is 0.00878. The molecule has 1 saturated heterocycles. The van der Waals surface area contributed by atoms with Crippen LogP contribution in [0, 0.1) is 5.92 Å². The molecule has 1 aromatic carbocycles. The van der Waals surface area contributed by atoms with Crippen molar-refractivity contribution < 1.29 is 13.9 Å². The van der Waals surface area contributed by atoms with Crippen LogP contribution in [-0.2, 0) is 16.0 Å². The van der Waals surface area contributed by atoms with Gasteiger partial charge in [0.15, 0.2) is 0 Å². The maximum atomic E-state index is 15.6. The molecule has 152 valence electrons. The van der Waals surface area contributed by atoms with E-state index in [0.29, 0.717) is 6.42 Å². The second-order valence-electron chi connectivity index (χ2n) is 8.19. The Balaban J connectivity index is 1.81. The van der Waals surface area contributed by atoms with Gasteiger partial charge in [-0.3, -0.25) is 0 Å². The molecule has 2 rings (SSSR count). The Labute approximate surface area is 179 Å². The van der Waals surface area contributed by atoms with Gasteiger partial charge in [-0.05, 0) is 0 Å². The van der Waals surface area contributed by atoms with Gasteiger partial charge >= 0.3 is 180 Å². The van der Waals surface area contributed by atoms with Crippen LogP contribution in [0.2, 0.25) is 0 Å². The summed E-state index contributed by atoms with van der Waals surface area (Å²) < 4.78 is 25.9. The van der Waals surface area contributed by atoms with Crippen molar-refractivity contribution in [1.29, 1.82) is 0 Å². The Hall–Kier alpha value is -0.0999. The maximum absolute atomic E-state index is 15.6. The average molecular weight is 481 g/mol. The molecular weight excluding hydrogens is 444 g/mol. The number of benzene rings is 1. The molecule has 0 amide bonds. The molecule has 1 aliphatic rings. The van der Waals surface area contributed by atoms with Gasteiger partial charge in [-0.15, -0.1) is 0 Å². The zero-order valence-electron chi connectivity index (χ0n) is 17.6. The molecule has 1 aromatic rings. The van der Waals surface area contributed by atoms with Crippen molar-refractivity contribution in [3.63, 3.8) is 0 Å². The van der Waals surface area contributed by atoms with Crippen molar-refractivity contribution >= 4 is 24.4 Å². The molecule has 27 heavy (non-hydrogen) atoms. The molecule has 1 heterocycles. The molecule has 1 aliphatic heterocycles. The van der Waals surface area contributed by atoms with E-state index in [1.807, 2.05) is 0 Å². The Bertz CT molecular complexity index is 520. The van der Waals surface area contributed by atoms with E-state index in [1.165, 1.54) is 5.56 Å². The van der Waals surface area contributed by atoms with Crippen LogP contribution in [-0.4, -0.2) is 72.2 Å². The van der Waals surface area contributed by atoms with Crippen LogP contribution in [0.4, 0.5) is 4.39 Å². The molecule has 1 fully saturated rings. The van der Waals surface area contributed by atoms with Crippen LogP contribution in [0.1, 0.15) is 51.0 Å². The molecule has 3 nitrogen and oxygen atoms in total. The van der Waals surface area contributed by atoms with Gasteiger partial charge in [0.25, 0.3) is 0 Å². The van der Waals surface area contributed by atoms with Gasteiger partial charge in [-0.2, -0.15) is 0 Å². The molecule has 0 saturated carbocycles. The van der Waals surface area contributed by atoms with Crippen LogP contribution in [0.3, 0.4) is 0 Å². The fourth-order valence-corrected chi connectivity index (χ4v) is 6.83. The van der Waals surface area contributed by atoms with E-state index in [-0.39, 0.29) is 42.5 Å². The summed E-state index contributed by atoms with van der Waals surface area (Å²) in [5.41, 5.74) is 1.35. The minimum atomic E-state index is -0.929. The monoisotopic (exact) mass is 481 g/mol. The summed E-state index contributed by atoms with van der Waals surface area (Å²) in [6.45, 7) is 5.15. The summed E-state index contributed by atoms with van der Waals surface area (Å²) in [5, 5.41) is 0. The first kappa shape index (κ1) is 23.2. The topological polar surface area (TPSA) is 21.7 Å². The summed E-state index contributed by atoms with van der Waals surface area (Å²) >= 11 is -0.0306. The van der Waals surface area contributed by atoms with Crippen molar-refractivity contribution in [1.82, 2.24) is 4.90 Å². The van der Waals surface area contributed by atoms with Crippen molar-refractivity contribution in [2.24, 2.45) is 5.92 Å². The number of nitrogens with zero attached hydrogens (tertiary/aromatic N) is 1. The second-order valence-corrected chi connectivity index (χ2v) is 12.9. The molecule has 0 aromatic heterocycles. The number of piperidine rings is 1. The third-order valence-corrected chi connectivity index (χ3v) is 9.96. The van der Waals surface area contributed by atoms with Crippen LogP contribution in [0.15, 0.2) is 30.3 Å². The van der Waals surface area contributed by atoms with E-state index in [9.17, 15) is 0 Å². The zero-order valence-corrected chi connectivity index (χ0v) is 23.3. The second kappa shape index (κ2) is 11.8. The number of hydrogen-bond donors (Lipinski definition) is 0. The van der Waals surface area contributed by atoms with Crippen molar-refractivity contribution in [3.8, 4) is 0 Å². The fourth-order valence-electron chi connectivity index (χ4n) is 4.36. The normalized spacial score (nSPS) is 20.9. The summed E-state index contributed by atoms with van der Waals surface area (Å²) in [4.78, 5) is 2.47. The molecule has 3 atom stereocenters. The van der Waals surface area contributed by atoms with Crippen LogP contribution in [0.5, 0.6) is 0 Å². The molecule has 0 radical (unpaired) electrons. The van der Waals surface area contributed by atoms with E-state index in [4.69, 9.17) is 9.47 Å². The predicted molar refractivity (Wildman–Crippen MR) is 113 cm³/mol. The number of methoxy groups -OCH3 is 2. The van der Waals surface area contributed by atoms with Crippen LogP contribution < -0.4 is 0 Å². The first-order valence-corrected chi connectivity index (χ1v) is 13.4. The van der Waals surface area contributed by atoms with E-state index < -0.39 is 3.43 Å². The van der Waals surface area contributed by atoms with Crippen LogP contribution in [0.25, 0.3) is 0 Å². The Morgan fingerprint density at radius 1 is 1.11 bits per heavy atom. The molecular formula is C22H37FInNO2. The summed E-state index contributed by atoms with van der Waals surface area (Å²) in [6, 6.07) is 10.6. The number of halogens is 1. The number of ether oxygens (including phenoxy) is 2. The first-order chi connectivity index (χ1) is 13.0. The van der Waals surface area contributed by atoms with E-state index in [1.54, 1.807) is 14.2 Å². The van der Waals surface area contributed by atoms with E-state index >= 15 is 4.39 Å². The number of hydrogen-bond acceptors (Lipinski definition) is 3. The number of rotatable bonds is 11. The van der Waals surface area contributed by atoms with Gasteiger partial charge in [-0.25, -0.2) is 0 Å². The molecule has 0 N–H and O–H groups in total. The molecule has 3 unspecified atom stereocenters. The SMILES string of the molecule is CCCC(OC)C(CC[C](F)([InH2])C1CCN(Cc2ccccc2)CC1)OC. The quantitative estimate of drug-likeness (QED) is 0.480. The van der Waals surface area contributed by atoms with Gasteiger partial charge < -0.3 is 0 Å². The van der Waals surface area contributed by atoms with Gasteiger partial charge in [0.1, 0.15) is 0 Å². The Morgan fingerprint density at radius 3 is 2.26 bits per heavy atom. The number of likely N-dealkylation sites (tertiary alicyclic amines) is 1. The third kappa shape index (κ3) is 7.34. The van der Waals surface area contributed by atoms with E-state index in [0.717, 1.165) is 51.7 Å². The summed E-state index contributed by atoms with van der Waals surface area (Å²) in [5.74, 6) is 0.227. The Morgan fingerprint density at radius 2 is 1.70 bits per heavy atom. The number of alkyl halides is 1. The van der Waals surface area contributed by atoms with Gasteiger partial charge in [0.05, 0.1) is 0 Å². The predicted octanol–water partition coefficient (Wildman–Crippen LogP) is 3.81. The van der Waals surface area contributed by atoms with Gasteiger partial charge in [-0.1, -0.05) is 0 Å². The molecule has 0 bridgehead atoms. The van der Waals surface area contributed by atoms with Crippen molar-refractivity contribution in [3.05, 3.63) is 35.9 Å². The zero-order chi connectivity index (χ0) is 19.7. The molecule has 0 aliphatic carbocycles. The fraction of sp³-hybridized carbons (Fsp3) is 0.727. The molecule has 5 heteroatoms. The first-order valence-electron chi connectivity index (χ1n) is 10.5. The van der Waals surface area contributed by atoms with Gasteiger partial charge in [0, 0.05) is 0 Å². The van der Waals surface area contributed by atoms with Crippen molar-refractivity contribution in [2.75, 3.05) is 27.3 Å². The average Bonchev–Trinajstić information content (AvgIpc) is 2.68. The molecule has 0 spiro atoms. The van der Waals surface area contributed by atoms with Crippen molar-refractivity contribution in [2.45, 2.75) is 67.6 Å². The third-order valence-electron chi connectivity index (χ3n) is 6.20. The summed E-state index contributed by atoms with van der Waals surface area (Å²) in [6.07, 6.45) is 5.49. The van der Waals surface area contributed by atoms with E-state index in [2.05, 4.69) is 42.2 Å². The van der Waals surface area contributed by atoms with Gasteiger partial charge in [0.2, 0.25) is 0 Å². The standard InChI is InChI=1S/C22H35FNO2.In.2H/c1-4-8-21(25-2)22(26-3)12-11-20(23)19-13-15-24(16-14-19)17-18-9-6-5-7-10-18;;;/h5-7,9-10,19,21-22H,4,8,11-17H2,1-3H3;;;.